The Bertz CT molecular complexity index is 1390. The molecular formula is C29H29N5O4. The van der Waals surface area contributed by atoms with Gasteiger partial charge in [-0.2, -0.15) is 0 Å². The van der Waals surface area contributed by atoms with Crippen LogP contribution in [0.25, 0.3) is 0 Å². The summed E-state index contributed by atoms with van der Waals surface area (Å²) in [6, 6.07) is 19.9. The van der Waals surface area contributed by atoms with Crippen molar-refractivity contribution in [2.45, 2.75) is 38.8 Å². The van der Waals surface area contributed by atoms with E-state index in [1.54, 1.807) is 6.07 Å². The van der Waals surface area contributed by atoms with Gasteiger partial charge in [0.05, 0.1) is 16.3 Å². The van der Waals surface area contributed by atoms with Crippen LogP contribution in [0.4, 0.5) is 17.1 Å². The number of aliphatic imine (C=N–C) groups is 1. The summed E-state index contributed by atoms with van der Waals surface area (Å²) < 4.78 is 0. The molecule has 0 aromatic heterocycles. The first kappa shape index (κ1) is 25.3. The Hall–Kier alpha value is -4.37. The van der Waals surface area contributed by atoms with Crippen LogP contribution in [0.15, 0.2) is 71.7 Å². The normalized spacial score (nSPS) is 17.2. The van der Waals surface area contributed by atoms with Gasteiger partial charge in [0.15, 0.2) is 0 Å². The number of hydrogen-bond donors (Lipinski definition) is 2. The largest absolute Gasteiger partial charge is 0.352 e. The van der Waals surface area contributed by atoms with Gasteiger partial charge >= 0.3 is 0 Å². The molecule has 0 aliphatic carbocycles. The molecule has 2 aliphatic heterocycles. The molecule has 5 rings (SSSR count). The highest BCUT2D eigenvalue weighted by Gasteiger charge is 2.36. The zero-order valence-electron chi connectivity index (χ0n) is 21.1. The number of nitrogens with one attached hydrogen (secondary N) is 2. The molecule has 2 N–H and O–H groups in total. The molecule has 1 atom stereocenters. The molecule has 3 aromatic carbocycles. The highest BCUT2D eigenvalue weighted by Crippen LogP contribution is 2.38. The molecule has 3 aromatic rings. The number of carbonyl (C=O) groups excluding carboxylic acids is 2. The number of likely N-dealkylation sites (tertiary alicyclic amines) is 1. The number of amides is 2. The maximum atomic E-state index is 13.2. The minimum absolute atomic E-state index is 0.0819. The summed E-state index contributed by atoms with van der Waals surface area (Å²) in [5, 5.41) is 17.1. The van der Waals surface area contributed by atoms with Gasteiger partial charge in [0.25, 0.3) is 5.69 Å². The molecule has 1 saturated heterocycles. The Morgan fingerprint density at radius 3 is 2.39 bits per heavy atom. The van der Waals surface area contributed by atoms with Gasteiger partial charge in [-0.25, -0.2) is 0 Å². The lowest BCUT2D eigenvalue weighted by Gasteiger charge is -2.16. The molecule has 2 heterocycles. The zero-order valence-corrected chi connectivity index (χ0v) is 21.1. The Labute approximate surface area is 220 Å². The maximum absolute atomic E-state index is 13.2. The van der Waals surface area contributed by atoms with Crippen LogP contribution in [0, 0.1) is 10.1 Å². The number of nitro benzene ring substituents is 1. The van der Waals surface area contributed by atoms with E-state index in [9.17, 15) is 19.7 Å². The van der Waals surface area contributed by atoms with Crippen molar-refractivity contribution >= 4 is 34.6 Å². The topological polar surface area (TPSA) is 117 Å². The predicted molar refractivity (Wildman–Crippen MR) is 146 cm³/mol. The fourth-order valence-corrected chi connectivity index (χ4v) is 4.96. The van der Waals surface area contributed by atoms with Crippen LogP contribution in [0.1, 0.15) is 47.9 Å². The van der Waals surface area contributed by atoms with Gasteiger partial charge in [-0.05, 0) is 60.8 Å². The van der Waals surface area contributed by atoms with Gasteiger partial charge in [-0.3, -0.25) is 29.6 Å². The highest BCUT2D eigenvalue weighted by atomic mass is 16.6. The number of nitro groups is 1. The van der Waals surface area contributed by atoms with E-state index in [2.05, 4.69) is 27.7 Å². The van der Waals surface area contributed by atoms with E-state index in [0.29, 0.717) is 29.2 Å². The van der Waals surface area contributed by atoms with Gasteiger partial charge in [0.2, 0.25) is 11.8 Å². The van der Waals surface area contributed by atoms with Crippen molar-refractivity contribution < 1.29 is 14.5 Å². The van der Waals surface area contributed by atoms with E-state index in [-0.39, 0.29) is 17.5 Å². The SMILES string of the molecule is CC(=O)NCc1ccc(C(=Nc2ccc(CN3CCCC3)cc2)C2C(=O)Nc3ccc([N+](=O)[O-])cc32)cc1. The van der Waals surface area contributed by atoms with Crippen LogP contribution in [-0.4, -0.2) is 40.4 Å². The fraction of sp³-hybridized carbons (Fsp3) is 0.276. The van der Waals surface area contributed by atoms with Crippen molar-refractivity contribution in [1.29, 1.82) is 0 Å². The second kappa shape index (κ2) is 10.9. The lowest BCUT2D eigenvalue weighted by Crippen LogP contribution is -2.22. The third-order valence-corrected chi connectivity index (χ3v) is 6.93. The Kier molecular flexibility index (Phi) is 7.28. The molecule has 0 spiro atoms. The summed E-state index contributed by atoms with van der Waals surface area (Å²) in [6.07, 6.45) is 2.47. The molecule has 194 valence electrons. The lowest BCUT2D eigenvalue weighted by atomic mass is 9.90. The number of benzene rings is 3. The summed E-state index contributed by atoms with van der Waals surface area (Å²) in [6.45, 7) is 4.98. The zero-order chi connectivity index (χ0) is 26.6. The number of anilines is 1. The molecule has 2 aliphatic rings. The van der Waals surface area contributed by atoms with Gasteiger partial charge in [-0.1, -0.05) is 36.4 Å². The van der Waals surface area contributed by atoms with E-state index >= 15 is 0 Å². The molecule has 0 saturated carbocycles. The van der Waals surface area contributed by atoms with Crippen molar-refractivity contribution in [1.82, 2.24) is 10.2 Å². The summed E-state index contributed by atoms with van der Waals surface area (Å²) in [7, 11) is 0. The number of rotatable bonds is 8. The van der Waals surface area contributed by atoms with Crippen LogP contribution >= 0.6 is 0 Å². The Balaban J connectivity index is 1.51. The van der Waals surface area contributed by atoms with Gasteiger partial charge < -0.3 is 10.6 Å². The fourth-order valence-electron chi connectivity index (χ4n) is 4.96. The van der Waals surface area contributed by atoms with Crippen molar-refractivity contribution in [2.24, 2.45) is 4.99 Å². The Morgan fingerprint density at radius 1 is 1.05 bits per heavy atom. The van der Waals surface area contributed by atoms with Crippen molar-refractivity contribution in [3.05, 3.63) is 99.1 Å². The lowest BCUT2D eigenvalue weighted by molar-refractivity contribution is -0.384. The van der Waals surface area contributed by atoms with Crippen LogP contribution in [-0.2, 0) is 22.7 Å². The summed E-state index contributed by atoms with van der Waals surface area (Å²) in [5.74, 6) is -1.21. The average Bonchev–Trinajstić information content (AvgIpc) is 3.53. The van der Waals surface area contributed by atoms with Crippen LogP contribution in [0.3, 0.4) is 0 Å². The van der Waals surface area contributed by atoms with Gasteiger partial charge in [-0.15, -0.1) is 0 Å². The smallest absolute Gasteiger partial charge is 0.269 e. The first-order valence-electron chi connectivity index (χ1n) is 12.7. The third-order valence-electron chi connectivity index (χ3n) is 6.93. The minimum Gasteiger partial charge on any atom is -0.352 e. The van der Waals surface area contributed by atoms with E-state index in [1.807, 2.05) is 36.4 Å². The van der Waals surface area contributed by atoms with Crippen LogP contribution in [0.2, 0.25) is 0 Å². The summed E-state index contributed by atoms with van der Waals surface area (Å²) in [5.41, 5.74) is 5.01. The first-order valence-corrected chi connectivity index (χ1v) is 12.7. The first-order chi connectivity index (χ1) is 18.4. The minimum atomic E-state index is -0.810. The standard InChI is InChI=1S/C29H29N5O4/c1-19(35)30-17-20-4-8-22(9-5-20)28(27-25-16-24(34(37)38)12-13-26(25)32-29(27)36)31-23-10-6-21(7-11-23)18-33-14-2-3-15-33/h4-13,16,27H,2-3,14-15,17-18H2,1H3,(H,30,35)(H,32,36). The molecule has 9 nitrogen and oxygen atoms in total. The summed E-state index contributed by atoms with van der Waals surface area (Å²) in [4.78, 5) is 42.8. The van der Waals surface area contributed by atoms with E-state index in [0.717, 1.165) is 30.8 Å². The molecule has 38 heavy (non-hydrogen) atoms. The van der Waals surface area contributed by atoms with E-state index in [1.165, 1.54) is 37.5 Å². The number of nitrogens with zero attached hydrogens (tertiary/aromatic N) is 3. The van der Waals surface area contributed by atoms with Gasteiger partial charge in [0.1, 0.15) is 5.92 Å². The molecule has 1 unspecified atom stereocenters. The second-order valence-corrected chi connectivity index (χ2v) is 9.70. The monoisotopic (exact) mass is 511 g/mol. The molecule has 9 heteroatoms. The Morgan fingerprint density at radius 2 is 1.74 bits per heavy atom. The van der Waals surface area contributed by atoms with Crippen LogP contribution < -0.4 is 10.6 Å². The second-order valence-electron chi connectivity index (χ2n) is 9.70. The number of hydrogen-bond acceptors (Lipinski definition) is 6. The van der Waals surface area contributed by atoms with Crippen molar-refractivity contribution in [3.8, 4) is 0 Å². The number of fused-ring (bicyclic) bond motifs is 1. The highest BCUT2D eigenvalue weighted by molar-refractivity contribution is 6.24. The molecule has 0 radical (unpaired) electrons. The summed E-state index contributed by atoms with van der Waals surface area (Å²) >= 11 is 0. The predicted octanol–water partition coefficient (Wildman–Crippen LogP) is 4.68. The molecule has 0 bridgehead atoms. The molecule has 1 fully saturated rings. The quantitative estimate of drug-likeness (QED) is 0.259. The average molecular weight is 512 g/mol. The van der Waals surface area contributed by atoms with Gasteiger partial charge in [0, 0.05) is 43.4 Å². The molecular weight excluding hydrogens is 482 g/mol. The van der Waals surface area contributed by atoms with Crippen molar-refractivity contribution in [2.75, 3.05) is 18.4 Å². The molecule has 2 amide bonds. The third kappa shape index (κ3) is 5.63. The van der Waals surface area contributed by atoms with E-state index in [4.69, 9.17) is 4.99 Å². The number of non-ortho nitro benzene ring substituents is 1. The van der Waals surface area contributed by atoms with Crippen molar-refractivity contribution in [3.63, 3.8) is 0 Å². The maximum Gasteiger partial charge on any atom is 0.269 e. The van der Waals surface area contributed by atoms with E-state index < -0.39 is 10.8 Å². The number of carbonyl (C=O) groups is 2. The van der Waals surface area contributed by atoms with Crippen LogP contribution in [0.5, 0.6) is 0 Å².